The first-order valence-electron chi connectivity index (χ1n) is 6.00. The van der Waals surface area contributed by atoms with Crippen LogP contribution in [0.1, 0.15) is 15.9 Å². The zero-order valence-corrected chi connectivity index (χ0v) is 13.0. The van der Waals surface area contributed by atoms with Crippen LogP contribution < -0.4 is 15.2 Å². The highest BCUT2D eigenvalue weighted by Crippen LogP contribution is 2.38. The van der Waals surface area contributed by atoms with Crippen LogP contribution in [0.4, 0.5) is 5.69 Å². The second-order valence-corrected chi connectivity index (χ2v) is 4.98. The summed E-state index contributed by atoms with van der Waals surface area (Å²) in [4.78, 5) is 12.6. The number of halogens is 2. The summed E-state index contributed by atoms with van der Waals surface area (Å²) >= 11 is 12.1. The van der Waals surface area contributed by atoms with Gasteiger partial charge in [-0.2, -0.15) is 0 Å². The zero-order valence-electron chi connectivity index (χ0n) is 11.4. The first kappa shape index (κ1) is 15.5. The lowest BCUT2D eigenvalue weighted by Crippen LogP contribution is -2.08. The van der Waals surface area contributed by atoms with Crippen molar-refractivity contribution in [3.05, 3.63) is 51.5 Å². The van der Waals surface area contributed by atoms with Crippen LogP contribution >= 0.6 is 23.2 Å². The molecule has 0 aliphatic rings. The molecular formula is C15H13Cl2NO3. The van der Waals surface area contributed by atoms with Crippen molar-refractivity contribution in [3.8, 4) is 11.5 Å². The molecule has 0 saturated carbocycles. The third-order valence-corrected chi connectivity index (χ3v) is 3.72. The van der Waals surface area contributed by atoms with E-state index in [-0.39, 0.29) is 27.8 Å². The first-order chi connectivity index (χ1) is 10.0. The number of para-hydroxylation sites is 1. The Bertz CT molecular complexity index is 702. The summed E-state index contributed by atoms with van der Waals surface area (Å²) in [7, 11) is 2.91. The average molecular weight is 326 g/mol. The number of hydrogen-bond acceptors (Lipinski definition) is 4. The molecule has 0 saturated heterocycles. The lowest BCUT2D eigenvalue weighted by atomic mass is 10.0. The second-order valence-electron chi connectivity index (χ2n) is 4.19. The molecule has 21 heavy (non-hydrogen) atoms. The molecule has 6 heteroatoms. The Balaban J connectivity index is 2.59. The molecule has 0 aliphatic heterocycles. The summed E-state index contributed by atoms with van der Waals surface area (Å²) in [6, 6.07) is 8.04. The summed E-state index contributed by atoms with van der Waals surface area (Å²) in [5, 5.41) is 0.547. The van der Waals surface area contributed by atoms with Crippen molar-refractivity contribution >= 4 is 34.7 Å². The number of carbonyl (C=O) groups is 1. The second kappa shape index (κ2) is 6.24. The Morgan fingerprint density at radius 2 is 1.76 bits per heavy atom. The number of methoxy groups -OCH3 is 2. The predicted octanol–water partition coefficient (Wildman–Crippen LogP) is 3.82. The van der Waals surface area contributed by atoms with Crippen molar-refractivity contribution in [1.82, 2.24) is 0 Å². The zero-order chi connectivity index (χ0) is 15.6. The van der Waals surface area contributed by atoms with Gasteiger partial charge in [-0.15, -0.1) is 0 Å². The largest absolute Gasteiger partial charge is 0.495 e. The topological polar surface area (TPSA) is 61.5 Å². The average Bonchev–Trinajstić information content (AvgIpc) is 2.49. The Kier molecular flexibility index (Phi) is 4.60. The van der Waals surface area contributed by atoms with Gasteiger partial charge in [0.25, 0.3) is 0 Å². The minimum Gasteiger partial charge on any atom is -0.495 e. The summed E-state index contributed by atoms with van der Waals surface area (Å²) in [5.41, 5.74) is 6.66. The highest BCUT2D eigenvalue weighted by atomic mass is 35.5. The van der Waals surface area contributed by atoms with Gasteiger partial charge in [-0.1, -0.05) is 29.3 Å². The molecular weight excluding hydrogens is 313 g/mol. The Morgan fingerprint density at radius 3 is 2.38 bits per heavy atom. The van der Waals surface area contributed by atoms with Crippen LogP contribution in [-0.2, 0) is 0 Å². The van der Waals surface area contributed by atoms with Crippen molar-refractivity contribution in [3.63, 3.8) is 0 Å². The molecule has 0 aromatic heterocycles. The maximum Gasteiger partial charge on any atom is 0.198 e. The van der Waals surface area contributed by atoms with Crippen LogP contribution in [0.5, 0.6) is 11.5 Å². The molecule has 0 unspecified atom stereocenters. The third kappa shape index (κ3) is 2.77. The number of rotatable bonds is 4. The fourth-order valence-corrected chi connectivity index (χ4v) is 2.45. The van der Waals surface area contributed by atoms with E-state index in [4.69, 9.17) is 38.4 Å². The number of nitrogen functional groups attached to an aromatic ring is 1. The van der Waals surface area contributed by atoms with Gasteiger partial charge in [-0.25, -0.2) is 0 Å². The van der Waals surface area contributed by atoms with E-state index < -0.39 is 0 Å². The van der Waals surface area contributed by atoms with Gasteiger partial charge in [0.2, 0.25) is 0 Å². The molecule has 0 spiro atoms. The molecule has 0 atom stereocenters. The van der Waals surface area contributed by atoms with Crippen molar-refractivity contribution in [1.29, 1.82) is 0 Å². The van der Waals surface area contributed by atoms with E-state index in [0.29, 0.717) is 16.3 Å². The van der Waals surface area contributed by atoms with E-state index >= 15 is 0 Å². The maximum atomic E-state index is 12.6. The van der Waals surface area contributed by atoms with Crippen molar-refractivity contribution < 1.29 is 14.3 Å². The number of hydrogen-bond donors (Lipinski definition) is 1. The number of ketones is 1. The minimum absolute atomic E-state index is 0.221. The Labute approximate surface area is 132 Å². The summed E-state index contributed by atoms with van der Waals surface area (Å²) in [5.74, 6) is 0.334. The highest BCUT2D eigenvalue weighted by Gasteiger charge is 2.21. The monoisotopic (exact) mass is 325 g/mol. The molecule has 2 aromatic rings. The molecule has 0 amide bonds. The SMILES string of the molecule is COc1ccc(C(=O)c2cccc(Cl)c2N)c(OC)c1Cl. The number of nitrogens with two attached hydrogens (primary N) is 1. The molecule has 0 radical (unpaired) electrons. The van der Waals surface area contributed by atoms with Gasteiger partial charge in [0.1, 0.15) is 10.8 Å². The predicted molar refractivity (Wildman–Crippen MR) is 83.9 cm³/mol. The van der Waals surface area contributed by atoms with Crippen LogP contribution in [0.3, 0.4) is 0 Å². The summed E-state index contributed by atoms with van der Waals surface area (Å²) in [6.07, 6.45) is 0. The van der Waals surface area contributed by atoms with Crippen molar-refractivity contribution in [2.24, 2.45) is 0 Å². The molecule has 0 aliphatic carbocycles. The maximum absolute atomic E-state index is 12.6. The number of anilines is 1. The lowest BCUT2D eigenvalue weighted by Gasteiger charge is -2.13. The minimum atomic E-state index is -0.323. The standard InChI is InChI=1S/C15H13Cl2NO3/c1-20-11-7-6-9(15(21-2)12(11)17)14(19)8-4-3-5-10(16)13(8)18/h3-7H,18H2,1-2H3. The fraction of sp³-hybridized carbons (Fsp3) is 0.133. The molecule has 2 aromatic carbocycles. The van der Waals surface area contributed by atoms with Gasteiger partial charge in [0.05, 0.1) is 30.5 Å². The van der Waals surface area contributed by atoms with Gasteiger partial charge >= 0.3 is 0 Å². The van der Waals surface area contributed by atoms with E-state index in [0.717, 1.165) is 0 Å². The molecule has 0 fully saturated rings. The number of ether oxygens (including phenoxy) is 2. The van der Waals surface area contributed by atoms with Gasteiger partial charge in [-0.3, -0.25) is 4.79 Å². The fourth-order valence-electron chi connectivity index (χ4n) is 1.95. The van der Waals surface area contributed by atoms with Crippen molar-refractivity contribution in [2.75, 3.05) is 20.0 Å². The normalized spacial score (nSPS) is 10.3. The van der Waals surface area contributed by atoms with E-state index in [1.165, 1.54) is 14.2 Å². The van der Waals surface area contributed by atoms with Crippen molar-refractivity contribution in [2.45, 2.75) is 0 Å². The summed E-state index contributed by atoms with van der Waals surface area (Å²) in [6.45, 7) is 0. The van der Waals surface area contributed by atoms with Crippen LogP contribution in [0, 0.1) is 0 Å². The molecule has 110 valence electrons. The molecule has 0 bridgehead atoms. The van der Waals surface area contributed by atoms with Gasteiger partial charge in [0, 0.05) is 5.56 Å². The van der Waals surface area contributed by atoms with Crippen LogP contribution in [-0.4, -0.2) is 20.0 Å². The van der Waals surface area contributed by atoms with E-state index in [1.807, 2.05) is 0 Å². The molecule has 2 rings (SSSR count). The Hall–Kier alpha value is -1.91. The van der Waals surface area contributed by atoms with Crippen LogP contribution in [0.25, 0.3) is 0 Å². The third-order valence-electron chi connectivity index (χ3n) is 3.03. The number of carbonyl (C=O) groups excluding carboxylic acids is 1. The quantitative estimate of drug-likeness (QED) is 0.685. The smallest absolute Gasteiger partial charge is 0.198 e. The lowest BCUT2D eigenvalue weighted by molar-refractivity contribution is 0.103. The number of benzene rings is 2. The van der Waals surface area contributed by atoms with E-state index in [2.05, 4.69) is 0 Å². The van der Waals surface area contributed by atoms with Crippen LogP contribution in [0.15, 0.2) is 30.3 Å². The first-order valence-corrected chi connectivity index (χ1v) is 6.76. The van der Waals surface area contributed by atoms with Crippen LogP contribution in [0.2, 0.25) is 10.0 Å². The Morgan fingerprint density at radius 1 is 1.05 bits per heavy atom. The van der Waals surface area contributed by atoms with E-state index in [1.54, 1.807) is 30.3 Å². The summed E-state index contributed by atoms with van der Waals surface area (Å²) < 4.78 is 10.3. The van der Waals surface area contributed by atoms with Gasteiger partial charge in [0.15, 0.2) is 11.5 Å². The van der Waals surface area contributed by atoms with Gasteiger partial charge < -0.3 is 15.2 Å². The molecule has 2 N–H and O–H groups in total. The molecule has 0 heterocycles. The molecule has 4 nitrogen and oxygen atoms in total. The highest BCUT2D eigenvalue weighted by molar-refractivity contribution is 6.35. The van der Waals surface area contributed by atoms with Gasteiger partial charge in [-0.05, 0) is 24.3 Å². The van der Waals surface area contributed by atoms with E-state index in [9.17, 15) is 4.79 Å².